The van der Waals surface area contributed by atoms with Gasteiger partial charge in [0.2, 0.25) is 0 Å². The van der Waals surface area contributed by atoms with Crippen LogP contribution in [0, 0.1) is 0 Å². The Kier molecular flexibility index (Phi) is 4.99. The van der Waals surface area contributed by atoms with Gasteiger partial charge in [-0.05, 0) is 32.9 Å². The molecule has 0 spiro atoms. The number of para-hydroxylation sites is 1. The summed E-state index contributed by atoms with van der Waals surface area (Å²) in [6.07, 6.45) is 0. The first-order chi connectivity index (χ1) is 8.33. The highest BCUT2D eigenvalue weighted by Gasteiger charge is 2.21. The quantitative estimate of drug-likeness (QED) is 0.884. The number of nitrogens with one attached hydrogen (secondary N) is 1. The Morgan fingerprint density at radius 3 is 2.56 bits per heavy atom. The highest BCUT2D eigenvalue weighted by molar-refractivity contribution is 6.33. The molecule has 2 amide bonds. The van der Waals surface area contributed by atoms with Crippen LogP contribution in [-0.4, -0.2) is 34.7 Å². The van der Waals surface area contributed by atoms with Crippen LogP contribution in [-0.2, 0) is 0 Å². The van der Waals surface area contributed by atoms with Crippen LogP contribution in [0.1, 0.15) is 20.8 Å². The van der Waals surface area contributed by atoms with Crippen molar-refractivity contribution in [3.8, 4) is 0 Å². The minimum atomic E-state index is -0.923. The largest absolute Gasteiger partial charge is 0.389 e. The van der Waals surface area contributed by atoms with Crippen molar-refractivity contribution in [2.24, 2.45) is 0 Å². The van der Waals surface area contributed by atoms with E-state index < -0.39 is 5.60 Å². The fourth-order valence-corrected chi connectivity index (χ4v) is 1.73. The maximum absolute atomic E-state index is 12.0. The summed E-state index contributed by atoms with van der Waals surface area (Å²) in [6.45, 7) is 5.97. The maximum Gasteiger partial charge on any atom is 0.321 e. The van der Waals surface area contributed by atoms with E-state index in [1.165, 1.54) is 4.90 Å². The van der Waals surface area contributed by atoms with E-state index in [1.807, 2.05) is 6.92 Å². The van der Waals surface area contributed by atoms with Crippen molar-refractivity contribution in [2.45, 2.75) is 26.4 Å². The van der Waals surface area contributed by atoms with Crippen molar-refractivity contribution in [1.29, 1.82) is 0 Å². The zero-order chi connectivity index (χ0) is 13.8. The first-order valence-corrected chi connectivity index (χ1v) is 6.24. The van der Waals surface area contributed by atoms with Crippen LogP contribution in [0.3, 0.4) is 0 Å². The third-order valence-electron chi connectivity index (χ3n) is 2.36. The van der Waals surface area contributed by atoms with Gasteiger partial charge in [-0.3, -0.25) is 0 Å². The van der Waals surface area contributed by atoms with Crippen LogP contribution in [0.25, 0.3) is 0 Å². The maximum atomic E-state index is 12.0. The van der Waals surface area contributed by atoms with Crippen LogP contribution < -0.4 is 5.32 Å². The molecule has 4 nitrogen and oxygen atoms in total. The number of rotatable bonds is 4. The third-order valence-corrected chi connectivity index (χ3v) is 2.69. The highest BCUT2D eigenvalue weighted by atomic mass is 35.5. The average molecular weight is 271 g/mol. The van der Waals surface area contributed by atoms with E-state index >= 15 is 0 Å². The summed E-state index contributed by atoms with van der Waals surface area (Å²) in [5.74, 6) is 0. The van der Waals surface area contributed by atoms with E-state index in [-0.39, 0.29) is 12.6 Å². The molecule has 0 radical (unpaired) electrons. The zero-order valence-corrected chi connectivity index (χ0v) is 11.7. The Balaban J connectivity index is 2.72. The molecule has 0 atom stereocenters. The summed E-state index contributed by atoms with van der Waals surface area (Å²) >= 11 is 5.97. The molecule has 0 aliphatic heterocycles. The lowest BCUT2D eigenvalue weighted by Crippen LogP contribution is -2.44. The number of likely N-dealkylation sites (N-methyl/N-ethyl adjacent to an activating group) is 1. The van der Waals surface area contributed by atoms with Crippen LogP contribution in [0.5, 0.6) is 0 Å². The molecule has 1 aromatic carbocycles. The van der Waals surface area contributed by atoms with Crippen molar-refractivity contribution in [2.75, 3.05) is 18.4 Å². The van der Waals surface area contributed by atoms with Crippen molar-refractivity contribution >= 4 is 23.3 Å². The summed E-state index contributed by atoms with van der Waals surface area (Å²) in [5, 5.41) is 13.0. The normalized spacial score (nSPS) is 11.2. The average Bonchev–Trinajstić information content (AvgIpc) is 2.27. The molecule has 100 valence electrons. The number of anilines is 1. The molecule has 0 bridgehead atoms. The van der Waals surface area contributed by atoms with Gasteiger partial charge >= 0.3 is 6.03 Å². The monoisotopic (exact) mass is 270 g/mol. The highest BCUT2D eigenvalue weighted by Crippen LogP contribution is 2.21. The predicted molar refractivity (Wildman–Crippen MR) is 74.0 cm³/mol. The topological polar surface area (TPSA) is 52.6 Å². The number of carbonyl (C=O) groups is 1. The van der Waals surface area contributed by atoms with Crippen molar-refractivity contribution in [3.63, 3.8) is 0 Å². The van der Waals surface area contributed by atoms with Crippen LogP contribution in [0.2, 0.25) is 5.02 Å². The van der Waals surface area contributed by atoms with Gasteiger partial charge in [0, 0.05) is 6.54 Å². The van der Waals surface area contributed by atoms with Gasteiger partial charge < -0.3 is 15.3 Å². The first-order valence-electron chi connectivity index (χ1n) is 5.86. The molecule has 0 fully saturated rings. The first kappa shape index (κ1) is 14.8. The van der Waals surface area contributed by atoms with E-state index in [4.69, 9.17) is 11.6 Å². The second-order valence-electron chi connectivity index (χ2n) is 4.74. The Labute approximate surface area is 113 Å². The van der Waals surface area contributed by atoms with Crippen molar-refractivity contribution in [3.05, 3.63) is 29.3 Å². The second kappa shape index (κ2) is 6.07. The van der Waals surface area contributed by atoms with E-state index in [2.05, 4.69) is 5.32 Å². The van der Waals surface area contributed by atoms with E-state index in [0.717, 1.165) is 0 Å². The molecule has 1 rings (SSSR count). The Hall–Kier alpha value is -1.26. The number of benzene rings is 1. The van der Waals surface area contributed by atoms with Gasteiger partial charge in [0.1, 0.15) is 0 Å². The lowest BCUT2D eigenvalue weighted by atomic mass is 10.1. The molecule has 1 aromatic rings. The van der Waals surface area contributed by atoms with Gasteiger partial charge in [0.05, 0.1) is 22.9 Å². The van der Waals surface area contributed by atoms with Crippen LogP contribution in [0.4, 0.5) is 10.5 Å². The molecule has 2 N–H and O–H groups in total. The number of aliphatic hydroxyl groups is 1. The van der Waals surface area contributed by atoms with Crippen LogP contribution in [0.15, 0.2) is 24.3 Å². The summed E-state index contributed by atoms with van der Waals surface area (Å²) in [4.78, 5) is 13.5. The fourth-order valence-electron chi connectivity index (χ4n) is 1.55. The van der Waals surface area contributed by atoms with E-state index in [1.54, 1.807) is 38.1 Å². The van der Waals surface area contributed by atoms with E-state index in [0.29, 0.717) is 17.3 Å². The van der Waals surface area contributed by atoms with Gasteiger partial charge in [-0.2, -0.15) is 0 Å². The summed E-state index contributed by atoms with van der Waals surface area (Å²) in [5.41, 5.74) is -0.355. The lowest BCUT2D eigenvalue weighted by Gasteiger charge is -2.28. The third kappa shape index (κ3) is 4.55. The molecule has 0 unspecified atom stereocenters. The molecule has 0 aliphatic rings. The zero-order valence-electron chi connectivity index (χ0n) is 10.9. The number of hydrogen-bond acceptors (Lipinski definition) is 2. The molecular formula is C13H19ClN2O2. The number of urea groups is 1. The minimum absolute atomic E-state index is 0.264. The molecular weight excluding hydrogens is 252 g/mol. The Morgan fingerprint density at radius 1 is 1.44 bits per heavy atom. The number of hydrogen-bond donors (Lipinski definition) is 2. The molecule has 0 saturated carbocycles. The fraction of sp³-hybridized carbons (Fsp3) is 0.462. The standard InChI is InChI=1S/C13H19ClN2O2/c1-4-16(9-13(2,3)18)12(17)15-11-8-6-5-7-10(11)14/h5-8,18H,4,9H2,1-3H3,(H,15,17). The van der Waals surface area contributed by atoms with Crippen molar-refractivity contribution < 1.29 is 9.90 Å². The lowest BCUT2D eigenvalue weighted by molar-refractivity contribution is 0.0501. The minimum Gasteiger partial charge on any atom is -0.389 e. The van der Waals surface area contributed by atoms with Gasteiger partial charge in [0.25, 0.3) is 0 Å². The molecule has 0 saturated heterocycles. The molecule has 5 heteroatoms. The summed E-state index contributed by atoms with van der Waals surface area (Å²) in [7, 11) is 0. The van der Waals surface area contributed by atoms with Gasteiger partial charge in [-0.25, -0.2) is 4.79 Å². The molecule has 0 aromatic heterocycles. The Bertz CT molecular complexity index is 416. The Morgan fingerprint density at radius 2 is 2.06 bits per heavy atom. The number of amides is 2. The van der Waals surface area contributed by atoms with Crippen LogP contribution >= 0.6 is 11.6 Å². The summed E-state index contributed by atoms with van der Waals surface area (Å²) in [6, 6.07) is 6.77. The van der Waals surface area contributed by atoms with Gasteiger partial charge in [0.15, 0.2) is 0 Å². The smallest absolute Gasteiger partial charge is 0.321 e. The van der Waals surface area contributed by atoms with Gasteiger partial charge in [-0.1, -0.05) is 23.7 Å². The molecule has 0 aliphatic carbocycles. The van der Waals surface area contributed by atoms with Crippen molar-refractivity contribution in [1.82, 2.24) is 4.90 Å². The number of halogens is 1. The predicted octanol–water partition coefficient (Wildman–Crippen LogP) is 2.96. The second-order valence-corrected chi connectivity index (χ2v) is 5.14. The molecule has 0 heterocycles. The number of nitrogens with zero attached hydrogens (tertiary/aromatic N) is 1. The molecule has 18 heavy (non-hydrogen) atoms. The summed E-state index contributed by atoms with van der Waals surface area (Å²) < 4.78 is 0. The SMILES string of the molecule is CCN(CC(C)(C)O)C(=O)Nc1ccccc1Cl. The van der Waals surface area contributed by atoms with E-state index in [9.17, 15) is 9.90 Å². The number of carbonyl (C=O) groups excluding carboxylic acids is 1. The van der Waals surface area contributed by atoms with Gasteiger partial charge in [-0.15, -0.1) is 0 Å².